The first-order valence-electron chi connectivity index (χ1n) is 10.9. The highest BCUT2D eigenvalue weighted by Gasteiger charge is 2.53. The Balaban J connectivity index is 1.26. The molecule has 6 nitrogen and oxygen atoms in total. The summed E-state index contributed by atoms with van der Waals surface area (Å²) in [5.41, 5.74) is 1.38. The van der Waals surface area contributed by atoms with E-state index < -0.39 is 0 Å². The van der Waals surface area contributed by atoms with Crippen LogP contribution in [0.25, 0.3) is 0 Å². The number of rotatable bonds is 4. The molecule has 0 unspecified atom stereocenters. The summed E-state index contributed by atoms with van der Waals surface area (Å²) in [4.78, 5) is 19.6. The molecule has 5 fully saturated rings. The van der Waals surface area contributed by atoms with Crippen molar-refractivity contribution in [3.8, 4) is 11.5 Å². The standard InChI is InChI=1S/C22H29N3O3/c26-20-2-1-7-23(20)10-11-25-13-17(16-3-4-18-19(12-16)28-14-27-18)22-21(25)15-5-8-24(22)9-6-15/h3-4,12,15,17,21-22H,1-2,5-11,13-14H2/t17-,21+,22+/m1/s1. The quantitative estimate of drug-likeness (QED) is 0.795. The van der Waals surface area contributed by atoms with Crippen LogP contribution in [0.2, 0.25) is 0 Å². The second-order valence-corrected chi connectivity index (χ2v) is 9.05. The van der Waals surface area contributed by atoms with Gasteiger partial charge in [-0.25, -0.2) is 0 Å². The van der Waals surface area contributed by atoms with Gasteiger partial charge < -0.3 is 14.4 Å². The van der Waals surface area contributed by atoms with Gasteiger partial charge in [0.25, 0.3) is 0 Å². The third-order valence-electron chi connectivity index (χ3n) is 7.75. The fraction of sp³-hybridized carbons (Fsp3) is 0.682. The molecule has 0 N–H and O–H groups in total. The maximum absolute atomic E-state index is 12.1. The highest BCUT2D eigenvalue weighted by atomic mass is 16.7. The molecule has 6 aliphatic heterocycles. The number of likely N-dealkylation sites (tertiary alicyclic amines) is 2. The Hall–Kier alpha value is -1.79. The van der Waals surface area contributed by atoms with Crippen LogP contribution in [0.15, 0.2) is 18.2 Å². The zero-order valence-electron chi connectivity index (χ0n) is 16.4. The van der Waals surface area contributed by atoms with Crippen molar-refractivity contribution in [1.29, 1.82) is 0 Å². The zero-order valence-corrected chi connectivity index (χ0v) is 16.4. The van der Waals surface area contributed by atoms with Crippen LogP contribution in [-0.2, 0) is 4.79 Å². The fourth-order valence-corrected chi connectivity index (χ4v) is 6.42. The van der Waals surface area contributed by atoms with Crippen LogP contribution in [0, 0.1) is 5.92 Å². The lowest BCUT2D eigenvalue weighted by Gasteiger charge is -2.51. The van der Waals surface area contributed by atoms with Crippen molar-refractivity contribution in [3.05, 3.63) is 23.8 Å². The van der Waals surface area contributed by atoms with Crippen molar-refractivity contribution in [1.82, 2.24) is 14.7 Å². The van der Waals surface area contributed by atoms with Crippen LogP contribution >= 0.6 is 0 Å². The van der Waals surface area contributed by atoms with Crippen molar-refractivity contribution in [2.45, 2.75) is 43.7 Å². The summed E-state index contributed by atoms with van der Waals surface area (Å²) in [6, 6.07) is 7.76. The molecule has 6 aliphatic rings. The molecule has 6 heteroatoms. The summed E-state index contributed by atoms with van der Waals surface area (Å²) in [6.45, 7) is 6.75. The number of carbonyl (C=O) groups is 1. The number of amides is 1. The Morgan fingerprint density at radius 3 is 2.68 bits per heavy atom. The van der Waals surface area contributed by atoms with E-state index in [-0.39, 0.29) is 0 Å². The van der Waals surface area contributed by atoms with Crippen molar-refractivity contribution in [3.63, 3.8) is 0 Å². The lowest BCUT2D eigenvalue weighted by molar-refractivity contribution is -0.128. The van der Waals surface area contributed by atoms with Gasteiger partial charge >= 0.3 is 0 Å². The lowest BCUT2D eigenvalue weighted by Crippen LogP contribution is -2.60. The second-order valence-electron chi connectivity index (χ2n) is 9.05. The molecule has 0 radical (unpaired) electrons. The molecule has 150 valence electrons. The first-order valence-corrected chi connectivity index (χ1v) is 10.9. The van der Waals surface area contributed by atoms with Gasteiger partial charge in [-0.3, -0.25) is 14.6 Å². The average molecular weight is 383 g/mol. The molecular weight excluding hydrogens is 354 g/mol. The molecule has 5 saturated heterocycles. The number of piperidine rings is 3. The molecule has 6 heterocycles. The molecule has 3 atom stereocenters. The third-order valence-corrected chi connectivity index (χ3v) is 7.75. The Labute approximate surface area is 166 Å². The molecule has 2 bridgehead atoms. The summed E-state index contributed by atoms with van der Waals surface area (Å²) in [6.07, 6.45) is 4.42. The van der Waals surface area contributed by atoms with Crippen LogP contribution in [0.5, 0.6) is 11.5 Å². The van der Waals surface area contributed by atoms with Gasteiger partial charge in [-0.1, -0.05) is 6.07 Å². The van der Waals surface area contributed by atoms with E-state index in [0.717, 1.165) is 56.4 Å². The van der Waals surface area contributed by atoms with Gasteiger partial charge in [0, 0.05) is 50.6 Å². The van der Waals surface area contributed by atoms with E-state index in [0.29, 0.717) is 30.7 Å². The Morgan fingerprint density at radius 1 is 1.00 bits per heavy atom. The molecule has 28 heavy (non-hydrogen) atoms. The minimum absolute atomic E-state index is 0.333. The molecular formula is C22H29N3O3. The van der Waals surface area contributed by atoms with Crippen molar-refractivity contribution in [2.75, 3.05) is 46.1 Å². The number of hydrogen-bond acceptors (Lipinski definition) is 5. The van der Waals surface area contributed by atoms with E-state index >= 15 is 0 Å². The van der Waals surface area contributed by atoms with Gasteiger partial charge in [0.1, 0.15) is 0 Å². The SMILES string of the molecule is O=C1CCCN1CCN1C[C@H](c2ccc3c(c2)OCO3)[C@H]2[C@@H]1C1CCN2CC1. The molecule has 7 rings (SSSR count). The molecule has 0 spiro atoms. The Morgan fingerprint density at radius 2 is 1.86 bits per heavy atom. The highest BCUT2D eigenvalue weighted by Crippen LogP contribution is 2.47. The molecule has 0 aliphatic carbocycles. The number of fused-ring (bicyclic) bond motifs is 3. The van der Waals surface area contributed by atoms with Crippen LogP contribution in [0.4, 0.5) is 0 Å². The van der Waals surface area contributed by atoms with Crippen molar-refractivity contribution in [2.24, 2.45) is 5.92 Å². The Kier molecular flexibility index (Phi) is 4.05. The summed E-state index contributed by atoms with van der Waals surface area (Å²) in [5, 5.41) is 0. The smallest absolute Gasteiger partial charge is 0.231 e. The Bertz CT molecular complexity index is 776. The van der Waals surface area contributed by atoms with Crippen molar-refractivity contribution >= 4 is 5.91 Å². The van der Waals surface area contributed by atoms with Gasteiger partial charge in [0.15, 0.2) is 11.5 Å². The highest BCUT2D eigenvalue weighted by molar-refractivity contribution is 5.78. The van der Waals surface area contributed by atoms with Crippen LogP contribution in [0.3, 0.4) is 0 Å². The van der Waals surface area contributed by atoms with E-state index in [1.807, 2.05) is 0 Å². The normalized spacial score (nSPS) is 36.4. The first kappa shape index (κ1) is 17.1. The number of carbonyl (C=O) groups excluding carboxylic acids is 1. The monoisotopic (exact) mass is 383 g/mol. The number of nitrogens with zero attached hydrogens (tertiary/aromatic N) is 3. The van der Waals surface area contributed by atoms with E-state index in [2.05, 4.69) is 32.9 Å². The predicted molar refractivity (Wildman–Crippen MR) is 105 cm³/mol. The van der Waals surface area contributed by atoms with Crippen LogP contribution in [0.1, 0.15) is 37.2 Å². The summed E-state index contributed by atoms with van der Waals surface area (Å²) < 4.78 is 11.2. The van der Waals surface area contributed by atoms with Gasteiger partial charge in [-0.2, -0.15) is 0 Å². The second kappa shape index (κ2) is 6.63. The topological polar surface area (TPSA) is 45.3 Å². The van der Waals surface area contributed by atoms with E-state index in [1.165, 1.54) is 31.5 Å². The molecule has 0 aromatic heterocycles. The van der Waals surface area contributed by atoms with Gasteiger partial charge in [-0.15, -0.1) is 0 Å². The molecule has 1 aromatic rings. The number of benzene rings is 1. The van der Waals surface area contributed by atoms with Crippen LogP contribution in [-0.4, -0.2) is 78.8 Å². The van der Waals surface area contributed by atoms with E-state index in [9.17, 15) is 4.79 Å². The summed E-state index contributed by atoms with van der Waals surface area (Å²) >= 11 is 0. The zero-order chi connectivity index (χ0) is 18.7. The fourth-order valence-electron chi connectivity index (χ4n) is 6.42. The minimum Gasteiger partial charge on any atom is -0.454 e. The van der Waals surface area contributed by atoms with Crippen LogP contribution < -0.4 is 9.47 Å². The van der Waals surface area contributed by atoms with Gasteiger partial charge in [0.05, 0.1) is 0 Å². The van der Waals surface area contributed by atoms with E-state index in [1.54, 1.807) is 0 Å². The summed E-state index contributed by atoms with van der Waals surface area (Å²) in [7, 11) is 0. The molecule has 1 aromatic carbocycles. The maximum Gasteiger partial charge on any atom is 0.231 e. The average Bonchev–Trinajstić information content (AvgIpc) is 3.45. The largest absolute Gasteiger partial charge is 0.454 e. The molecule has 1 amide bonds. The van der Waals surface area contributed by atoms with Gasteiger partial charge in [-0.05, 0) is 56.0 Å². The van der Waals surface area contributed by atoms with Gasteiger partial charge in [0.2, 0.25) is 12.7 Å². The maximum atomic E-state index is 12.1. The minimum atomic E-state index is 0.333. The lowest BCUT2D eigenvalue weighted by atomic mass is 9.75. The van der Waals surface area contributed by atoms with Crippen molar-refractivity contribution < 1.29 is 14.3 Å². The summed E-state index contributed by atoms with van der Waals surface area (Å²) in [5.74, 6) is 3.43. The molecule has 0 saturated carbocycles. The first-order chi connectivity index (χ1) is 13.8. The predicted octanol–water partition coefficient (Wildman–Crippen LogP) is 1.90. The number of ether oxygens (including phenoxy) is 2. The third kappa shape index (κ3) is 2.65. The van der Waals surface area contributed by atoms with E-state index in [4.69, 9.17) is 9.47 Å². The number of hydrogen-bond donors (Lipinski definition) is 0.